The summed E-state index contributed by atoms with van der Waals surface area (Å²) < 4.78 is 5.09. The predicted molar refractivity (Wildman–Crippen MR) is 60.2 cm³/mol. The molecular formula is C12H16O5. The average Bonchev–Trinajstić information content (AvgIpc) is 2.38. The molecule has 0 unspecified atom stereocenters. The van der Waals surface area contributed by atoms with Gasteiger partial charge in [-0.15, -0.1) is 0 Å². The molecule has 0 aromatic heterocycles. The highest BCUT2D eigenvalue weighted by Crippen LogP contribution is 2.01. The van der Waals surface area contributed by atoms with Gasteiger partial charge in [-0.1, -0.05) is 30.3 Å². The molecule has 0 saturated heterocycles. The Labute approximate surface area is 99.3 Å². The van der Waals surface area contributed by atoms with E-state index in [9.17, 15) is 9.90 Å². The largest absolute Gasteiger partial charge is 0.394 e. The Hall–Kier alpha value is -1.27. The highest BCUT2D eigenvalue weighted by Gasteiger charge is 2.23. The average molecular weight is 240 g/mol. The van der Waals surface area contributed by atoms with Gasteiger partial charge in [-0.05, 0) is 5.56 Å². The van der Waals surface area contributed by atoms with Gasteiger partial charge in [0.1, 0.15) is 18.8 Å². The van der Waals surface area contributed by atoms with Gasteiger partial charge >= 0.3 is 0 Å². The van der Waals surface area contributed by atoms with Crippen LogP contribution in [0.3, 0.4) is 0 Å². The first kappa shape index (κ1) is 13.8. The second kappa shape index (κ2) is 7.13. The number of ether oxygens (including phenoxy) is 1. The third-order valence-electron chi connectivity index (χ3n) is 2.24. The number of aliphatic hydroxyl groups is 3. The zero-order valence-corrected chi connectivity index (χ0v) is 9.32. The lowest BCUT2D eigenvalue weighted by Crippen LogP contribution is -2.38. The van der Waals surface area contributed by atoms with Gasteiger partial charge in [-0.25, -0.2) is 0 Å². The molecule has 0 heterocycles. The maximum absolute atomic E-state index is 11.3. The first-order valence-corrected chi connectivity index (χ1v) is 5.26. The van der Waals surface area contributed by atoms with E-state index in [-0.39, 0.29) is 13.2 Å². The summed E-state index contributed by atoms with van der Waals surface area (Å²) in [5, 5.41) is 26.8. The van der Waals surface area contributed by atoms with Crippen molar-refractivity contribution in [2.24, 2.45) is 0 Å². The van der Waals surface area contributed by atoms with Gasteiger partial charge in [0.15, 0.2) is 5.78 Å². The molecule has 0 amide bonds. The van der Waals surface area contributed by atoms with Crippen molar-refractivity contribution < 1.29 is 24.9 Å². The molecule has 2 atom stereocenters. The van der Waals surface area contributed by atoms with Gasteiger partial charge in [0.2, 0.25) is 0 Å². The van der Waals surface area contributed by atoms with Crippen LogP contribution in [0, 0.1) is 0 Å². The molecular weight excluding hydrogens is 224 g/mol. The number of ketones is 1. The van der Waals surface area contributed by atoms with E-state index in [2.05, 4.69) is 0 Å². The minimum Gasteiger partial charge on any atom is -0.394 e. The molecule has 0 aliphatic rings. The highest BCUT2D eigenvalue weighted by atomic mass is 16.5. The topological polar surface area (TPSA) is 87.0 Å². The minimum atomic E-state index is -1.60. The molecule has 0 radical (unpaired) electrons. The molecule has 0 aliphatic heterocycles. The van der Waals surface area contributed by atoms with Gasteiger partial charge < -0.3 is 20.1 Å². The summed E-state index contributed by atoms with van der Waals surface area (Å²) in [6.07, 6.45) is -3.06. The first-order chi connectivity index (χ1) is 8.15. The Morgan fingerprint density at radius 3 is 2.47 bits per heavy atom. The molecule has 0 bridgehead atoms. The first-order valence-electron chi connectivity index (χ1n) is 5.26. The standard InChI is InChI=1S/C12H16O5/c13-6-10(14)12(16)11(15)8-17-7-9-4-2-1-3-5-9/h1-5,10,12-14,16H,6-8H2/t10-,12-/m1/s1. The molecule has 1 aromatic carbocycles. The third-order valence-corrected chi connectivity index (χ3v) is 2.24. The summed E-state index contributed by atoms with van der Waals surface area (Å²) in [5.41, 5.74) is 0.914. The number of Topliss-reactive ketones (excluding diaryl/α,β-unsaturated/α-hetero) is 1. The highest BCUT2D eigenvalue weighted by molar-refractivity contribution is 5.84. The minimum absolute atomic E-state index is 0.258. The van der Waals surface area contributed by atoms with Crippen molar-refractivity contribution >= 4 is 5.78 Å². The van der Waals surface area contributed by atoms with Crippen molar-refractivity contribution in [3.05, 3.63) is 35.9 Å². The Balaban J connectivity index is 2.29. The summed E-state index contributed by atoms with van der Waals surface area (Å²) in [7, 11) is 0. The van der Waals surface area contributed by atoms with Gasteiger partial charge in [0.05, 0.1) is 13.2 Å². The molecule has 0 fully saturated rings. The fraction of sp³-hybridized carbons (Fsp3) is 0.417. The smallest absolute Gasteiger partial charge is 0.189 e. The molecule has 94 valence electrons. The second-order valence-corrected chi connectivity index (χ2v) is 3.64. The van der Waals surface area contributed by atoms with Crippen LogP contribution in [0.2, 0.25) is 0 Å². The van der Waals surface area contributed by atoms with Gasteiger partial charge in [-0.3, -0.25) is 4.79 Å². The normalized spacial score (nSPS) is 14.3. The molecule has 1 aromatic rings. The van der Waals surface area contributed by atoms with Crippen LogP contribution in [0.4, 0.5) is 0 Å². The molecule has 5 nitrogen and oxygen atoms in total. The Morgan fingerprint density at radius 2 is 1.88 bits per heavy atom. The van der Waals surface area contributed by atoms with Crippen LogP contribution in [-0.2, 0) is 16.1 Å². The van der Waals surface area contributed by atoms with E-state index in [4.69, 9.17) is 14.9 Å². The maximum Gasteiger partial charge on any atom is 0.189 e. The lowest BCUT2D eigenvalue weighted by molar-refractivity contribution is -0.139. The van der Waals surface area contributed by atoms with E-state index < -0.39 is 24.6 Å². The fourth-order valence-electron chi connectivity index (χ4n) is 1.24. The summed E-state index contributed by atoms with van der Waals surface area (Å²) in [4.78, 5) is 11.3. The predicted octanol–water partition coefficient (Wildman–Crippen LogP) is -0.514. The molecule has 1 rings (SSSR count). The fourth-order valence-corrected chi connectivity index (χ4v) is 1.24. The quantitative estimate of drug-likeness (QED) is 0.597. The van der Waals surface area contributed by atoms with E-state index >= 15 is 0 Å². The van der Waals surface area contributed by atoms with E-state index in [1.807, 2.05) is 30.3 Å². The molecule has 17 heavy (non-hydrogen) atoms. The van der Waals surface area contributed by atoms with Crippen molar-refractivity contribution in [3.63, 3.8) is 0 Å². The van der Waals surface area contributed by atoms with Gasteiger partial charge in [0.25, 0.3) is 0 Å². The Bertz CT molecular complexity index is 338. The Kier molecular flexibility index (Phi) is 5.79. The number of benzene rings is 1. The van der Waals surface area contributed by atoms with Crippen molar-refractivity contribution in [1.82, 2.24) is 0 Å². The molecule has 5 heteroatoms. The summed E-state index contributed by atoms with van der Waals surface area (Å²) in [6, 6.07) is 9.28. The van der Waals surface area contributed by atoms with Crippen LogP contribution in [0.1, 0.15) is 5.56 Å². The van der Waals surface area contributed by atoms with Crippen LogP contribution in [0.5, 0.6) is 0 Å². The zero-order valence-electron chi connectivity index (χ0n) is 9.32. The molecule has 3 N–H and O–H groups in total. The molecule has 0 aliphatic carbocycles. The summed E-state index contributed by atoms with van der Waals surface area (Å²) in [6.45, 7) is -0.701. The van der Waals surface area contributed by atoms with E-state index in [0.717, 1.165) is 5.56 Å². The zero-order chi connectivity index (χ0) is 12.7. The number of carbonyl (C=O) groups excluding carboxylic acids is 1. The van der Waals surface area contributed by atoms with Crippen LogP contribution in [0.25, 0.3) is 0 Å². The van der Waals surface area contributed by atoms with E-state index in [0.29, 0.717) is 0 Å². The van der Waals surface area contributed by atoms with Crippen molar-refractivity contribution in [2.75, 3.05) is 13.2 Å². The summed E-state index contributed by atoms with van der Waals surface area (Å²) in [5.74, 6) is -0.650. The van der Waals surface area contributed by atoms with Crippen molar-refractivity contribution in [3.8, 4) is 0 Å². The van der Waals surface area contributed by atoms with Gasteiger partial charge in [0, 0.05) is 0 Å². The van der Waals surface area contributed by atoms with E-state index in [1.54, 1.807) is 0 Å². The second-order valence-electron chi connectivity index (χ2n) is 3.64. The third kappa shape index (κ3) is 4.62. The maximum atomic E-state index is 11.3. The van der Waals surface area contributed by atoms with Crippen molar-refractivity contribution in [2.45, 2.75) is 18.8 Å². The molecule has 0 saturated carbocycles. The van der Waals surface area contributed by atoms with Crippen LogP contribution >= 0.6 is 0 Å². The van der Waals surface area contributed by atoms with Gasteiger partial charge in [-0.2, -0.15) is 0 Å². The summed E-state index contributed by atoms with van der Waals surface area (Å²) >= 11 is 0. The number of aliphatic hydroxyl groups excluding tert-OH is 3. The SMILES string of the molecule is O=C(COCc1ccccc1)[C@H](O)[C@H](O)CO. The van der Waals surface area contributed by atoms with Crippen LogP contribution in [0.15, 0.2) is 30.3 Å². The number of hydrogen-bond acceptors (Lipinski definition) is 5. The number of carbonyl (C=O) groups is 1. The lowest BCUT2D eigenvalue weighted by Gasteiger charge is -2.14. The number of hydrogen-bond donors (Lipinski definition) is 3. The Morgan fingerprint density at radius 1 is 1.24 bits per heavy atom. The number of rotatable bonds is 7. The van der Waals surface area contributed by atoms with Crippen LogP contribution < -0.4 is 0 Å². The monoisotopic (exact) mass is 240 g/mol. The van der Waals surface area contributed by atoms with E-state index in [1.165, 1.54) is 0 Å². The lowest BCUT2D eigenvalue weighted by atomic mass is 10.1. The van der Waals surface area contributed by atoms with Crippen molar-refractivity contribution in [1.29, 1.82) is 0 Å². The molecule has 0 spiro atoms. The van der Waals surface area contributed by atoms with Crippen LogP contribution in [-0.4, -0.2) is 46.5 Å².